The zero-order valence-corrected chi connectivity index (χ0v) is 12.2. The molecule has 0 bridgehead atoms. The second-order valence-corrected chi connectivity index (χ2v) is 5.42. The van der Waals surface area contributed by atoms with Gasteiger partial charge in [-0.2, -0.15) is 0 Å². The van der Waals surface area contributed by atoms with Crippen LogP contribution in [0.5, 0.6) is 5.75 Å². The molecule has 3 heteroatoms. The first kappa shape index (κ1) is 15.0. The van der Waals surface area contributed by atoms with E-state index in [0.29, 0.717) is 5.92 Å². The standard InChI is InChI=1S/C15H26N2O/c1-9(2)12-8-13(14(17)7-11(4)16)10(3)6-15(12)18-5/h6,8-9,11,14H,7,16-17H2,1-5H3. The van der Waals surface area contributed by atoms with Gasteiger partial charge < -0.3 is 16.2 Å². The number of ether oxygens (including phenoxy) is 1. The molecule has 0 radical (unpaired) electrons. The molecule has 2 unspecified atom stereocenters. The molecular formula is C15H26N2O. The van der Waals surface area contributed by atoms with E-state index in [2.05, 4.69) is 32.9 Å². The number of rotatable bonds is 5. The third-order valence-electron chi connectivity index (χ3n) is 3.27. The summed E-state index contributed by atoms with van der Waals surface area (Å²) in [4.78, 5) is 0. The number of nitrogens with two attached hydrogens (primary N) is 2. The highest BCUT2D eigenvalue weighted by Crippen LogP contribution is 2.32. The smallest absolute Gasteiger partial charge is 0.122 e. The first-order chi connectivity index (χ1) is 8.36. The monoisotopic (exact) mass is 250 g/mol. The predicted octanol–water partition coefficient (Wildman–Crippen LogP) is 2.86. The lowest BCUT2D eigenvalue weighted by molar-refractivity contribution is 0.406. The van der Waals surface area contributed by atoms with Crippen molar-refractivity contribution in [2.24, 2.45) is 11.5 Å². The van der Waals surface area contributed by atoms with Gasteiger partial charge in [-0.3, -0.25) is 0 Å². The molecule has 0 saturated heterocycles. The van der Waals surface area contributed by atoms with Crippen LogP contribution in [0.25, 0.3) is 0 Å². The number of hydrogen-bond donors (Lipinski definition) is 2. The largest absolute Gasteiger partial charge is 0.496 e. The Morgan fingerprint density at radius 3 is 2.17 bits per heavy atom. The summed E-state index contributed by atoms with van der Waals surface area (Å²) in [5, 5.41) is 0. The summed E-state index contributed by atoms with van der Waals surface area (Å²) in [5.74, 6) is 1.36. The molecule has 4 N–H and O–H groups in total. The molecule has 0 spiro atoms. The van der Waals surface area contributed by atoms with Gasteiger partial charge in [-0.1, -0.05) is 19.9 Å². The molecule has 0 aliphatic rings. The molecule has 0 aromatic heterocycles. The molecule has 0 fully saturated rings. The van der Waals surface area contributed by atoms with E-state index in [4.69, 9.17) is 16.2 Å². The molecule has 0 amide bonds. The van der Waals surface area contributed by atoms with Gasteiger partial charge in [0, 0.05) is 12.1 Å². The van der Waals surface area contributed by atoms with Crippen LogP contribution in [0.4, 0.5) is 0 Å². The molecule has 0 aliphatic carbocycles. The average Bonchev–Trinajstić information content (AvgIpc) is 2.26. The summed E-state index contributed by atoms with van der Waals surface area (Å²) in [7, 11) is 1.71. The minimum absolute atomic E-state index is 0.00611. The molecule has 102 valence electrons. The summed E-state index contributed by atoms with van der Waals surface area (Å²) in [6, 6.07) is 4.36. The molecule has 3 nitrogen and oxygen atoms in total. The maximum atomic E-state index is 6.24. The number of hydrogen-bond acceptors (Lipinski definition) is 3. The van der Waals surface area contributed by atoms with E-state index >= 15 is 0 Å². The first-order valence-electron chi connectivity index (χ1n) is 6.56. The third kappa shape index (κ3) is 3.47. The summed E-state index contributed by atoms with van der Waals surface area (Å²) in [5.41, 5.74) is 15.6. The Morgan fingerprint density at radius 1 is 1.11 bits per heavy atom. The minimum atomic E-state index is -0.00611. The zero-order valence-electron chi connectivity index (χ0n) is 12.2. The molecular weight excluding hydrogens is 224 g/mol. The van der Waals surface area contributed by atoms with Gasteiger partial charge in [0.25, 0.3) is 0 Å². The van der Waals surface area contributed by atoms with Crippen molar-refractivity contribution < 1.29 is 4.74 Å². The van der Waals surface area contributed by atoms with Gasteiger partial charge in [0.15, 0.2) is 0 Å². The Hall–Kier alpha value is -1.06. The predicted molar refractivity (Wildman–Crippen MR) is 77.0 cm³/mol. The zero-order chi connectivity index (χ0) is 13.9. The van der Waals surface area contributed by atoms with Crippen molar-refractivity contribution in [1.82, 2.24) is 0 Å². The van der Waals surface area contributed by atoms with Crippen LogP contribution >= 0.6 is 0 Å². The van der Waals surface area contributed by atoms with Crippen molar-refractivity contribution in [3.05, 3.63) is 28.8 Å². The third-order valence-corrected chi connectivity index (χ3v) is 3.27. The van der Waals surface area contributed by atoms with Gasteiger partial charge in [-0.05, 0) is 48.9 Å². The van der Waals surface area contributed by atoms with Gasteiger partial charge >= 0.3 is 0 Å². The van der Waals surface area contributed by atoms with Crippen molar-refractivity contribution in [2.75, 3.05) is 7.11 Å². The number of methoxy groups -OCH3 is 1. The Balaban J connectivity index is 3.16. The van der Waals surface area contributed by atoms with E-state index in [-0.39, 0.29) is 12.1 Å². The van der Waals surface area contributed by atoms with Crippen LogP contribution in [0, 0.1) is 6.92 Å². The second kappa shape index (κ2) is 6.21. The second-order valence-electron chi connectivity index (χ2n) is 5.42. The van der Waals surface area contributed by atoms with E-state index in [0.717, 1.165) is 12.2 Å². The molecule has 0 saturated carbocycles. The molecule has 18 heavy (non-hydrogen) atoms. The lowest BCUT2D eigenvalue weighted by Gasteiger charge is -2.21. The molecule has 1 aromatic carbocycles. The van der Waals surface area contributed by atoms with Crippen LogP contribution in [0.3, 0.4) is 0 Å². The van der Waals surface area contributed by atoms with Crippen LogP contribution in [0.2, 0.25) is 0 Å². The fourth-order valence-corrected chi connectivity index (χ4v) is 2.27. The fourth-order valence-electron chi connectivity index (χ4n) is 2.27. The topological polar surface area (TPSA) is 61.3 Å². The van der Waals surface area contributed by atoms with Crippen LogP contribution in [-0.4, -0.2) is 13.2 Å². The quantitative estimate of drug-likeness (QED) is 0.844. The van der Waals surface area contributed by atoms with Gasteiger partial charge in [-0.15, -0.1) is 0 Å². The van der Waals surface area contributed by atoms with E-state index in [1.807, 2.05) is 6.92 Å². The van der Waals surface area contributed by atoms with E-state index < -0.39 is 0 Å². The van der Waals surface area contributed by atoms with E-state index in [1.165, 1.54) is 16.7 Å². The lowest BCUT2D eigenvalue weighted by Crippen LogP contribution is -2.24. The normalized spacial score (nSPS) is 14.7. The Morgan fingerprint density at radius 2 is 1.72 bits per heavy atom. The van der Waals surface area contributed by atoms with Crippen molar-refractivity contribution in [3.63, 3.8) is 0 Å². The first-order valence-corrected chi connectivity index (χ1v) is 6.56. The van der Waals surface area contributed by atoms with E-state index in [9.17, 15) is 0 Å². The summed E-state index contributed by atoms with van der Waals surface area (Å²) in [6.07, 6.45) is 0.796. The van der Waals surface area contributed by atoms with Gasteiger partial charge in [0.1, 0.15) is 5.75 Å². The highest BCUT2D eigenvalue weighted by Gasteiger charge is 2.16. The maximum absolute atomic E-state index is 6.24. The summed E-state index contributed by atoms with van der Waals surface area (Å²) >= 11 is 0. The van der Waals surface area contributed by atoms with Gasteiger partial charge in [0.2, 0.25) is 0 Å². The molecule has 0 aliphatic heterocycles. The highest BCUT2D eigenvalue weighted by atomic mass is 16.5. The molecule has 2 atom stereocenters. The molecule has 1 rings (SSSR count). The number of benzene rings is 1. The van der Waals surface area contributed by atoms with Crippen molar-refractivity contribution in [3.8, 4) is 5.75 Å². The minimum Gasteiger partial charge on any atom is -0.496 e. The summed E-state index contributed by atoms with van der Waals surface area (Å²) in [6.45, 7) is 8.38. The van der Waals surface area contributed by atoms with Crippen LogP contribution in [0.15, 0.2) is 12.1 Å². The lowest BCUT2D eigenvalue weighted by atomic mass is 9.91. The Bertz CT molecular complexity index is 400. The van der Waals surface area contributed by atoms with Crippen LogP contribution in [0.1, 0.15) is 55.8 Å². The Kier molecular flexibility index (Phi) is 5.17. The van der Waals surface area contributed by atoms with Crippen molar-refractivity contribution in [1.29, 1.82) is 0 Å². The molecule has 1 aromatic rings. The number of aryl methyl sites for hydroxylation is 1. The van der Waals surface area contributed by atoms with E-state index in [1.54, 1.807) is 7.11 Å². The summed E-state index contributed by atoms with van der Waals surface area (Å²) < 4.78 is 5.44. The Labute approximate surface area is 111 Å². The average molecular weight is 250 g/mol. The fraction of sp³-hybridized carbons (Fsp3) is 0.600. The van der Waals surface area contributed by atoms with Gasteiger partial charge in [-0.25, -0.2) is 0 Å². The maximum Gasteiger partial charge on any atom is 0.122 e. The van der Waals surface area contributed by atoms with Crippen molar-refractivity contribution in [2.45, 2.75) is 52.1 Å². The SMILES string of the molecule is COc1cc(C)c(C(N)CC(C)N)cc1C(C)C. The van der Waals surface area contributed by atoms with Crippen LogP contribution < -0.4 is 16.2 Å². The van der Waals surface area contributed by atoms with Crippen LogP contribution in [-0.2, 0) is 0 Å². The highest BCUT2D eigenvalue weighted by molar-refractivity contribution is 5.45. The molecule has 0 heterocycles. The van der Waals surface area contributed by atoms with Gasteiger partial charge in [0.05, 0.1) is 7.11 Å². The van der Waals surface area contributed by atoms with Crippen molar-refractivity contribution >= 4 is 0 Å².